The Kier molecular flexibility index (Phi) is 6.43. The number of H-pyrrole nitrogens is 1. The van der Waals surface area contributed by atoms with Gasteiger partial charge in [-0.3, -0.25) is 10.1 Å². The van der Waals surface area contributed by atoms with Crippen LogP contribution in [0.1, 0.15) is 29.9 Å². The van der Waals surface area contributed by atoms with E-state index in [1.807, 2.05) is 37.3 Å². The Hall–Kier alpha value is -3.42. The first kappa shape index (κ1) is 20.3. The van der Waals surface area contributed by atoms with Crippen molar-refractivity contribution in [1.29, 1.82) is 0 Å². The number of guanidine groups is 1. The van der Waals surface area contributed by atoms with Crippen LogP contribution < -0.4 is 15.4 Å². The van der Waals surface area contributed by atoms with Crippen molar-refractivity contribution in [3.8, 4) is 17.1 Å². The van der Waals surface area contributed by atoms with Gasteiger partial charge in [-0.2, -0.15) is 5.10 Å². The highest BCUT2D eigenvalue weighted by Crippen LogP contribution is 2.19. The fourth-order valence-corrected chi connectivity index (χ4v) is 2.77. The molecule has 3 N–H and O–H groups in total. The van der Waals surface area contributed by atoms with Gasteiger partial charge in [0.2, 0.25) is 0 Å². The van der Waals surface area contributed by atoms with Gasteiger partial charge in [0.1, 0.15) is 17.4 Å². The number of hydrogen-bond acceptors (Lipinski definition) is 4. The molecule has 1 atom stereocenters. The van der Waals surface area contributed by atoms with E-state index < -0.39 is 0 Å². The van der Waals surface area contributed by atoms with Gasteiger partial charge in [-0.15, -0.1) is 0 Å². The molecule has 0 radical (unpaired) electrons. The number of rotatable bonds is 6. The molecule has 1 aromatic heterocycles. The molecule has 0 aliphatic rings. The lowest BCUT2D eigenvalue weighted by Crippen LogP contribution is -2.38. The monoisotopic (exact) mass is 396 g/mol. The van der Waals surface area contributed by atoms with Gasteiger partial charge in [0.15, 0.2) is 11.8 Å². The third-order valence-corrected chi connectivity index (χ3v) is 4.58. The maximum Gasteiger partial charge on any atom is 0.191 e. The molecule has 0 fully saturated rings. The summed E-state index contributed by atoms with van der Waals surface area (Å²) >= 11 is 0. The van der Waals surface area contributed by atoms with E-state index in [2.05, 4.69) is 30.8 Å². The van der Waals surface area contributed by atoms with Crippen molar-refractivity contribution >= 4 is 5.96 Å². The van der Waals surface area contributed by atoms with Gasteiger partial charge in [0.05, 0.1) is 19.7 Å². The minimum absolute atomic E-state index is 0.110. The molecule has 152 valence electrons. The highest BCUT2D eigenvalue weighted by Gasteiger charge is 2.11. The molecule has 1 heterocycles. The molecule has 8 heteroatoms. The number of hydrogen-bond donors (Lipinski definition) is 3. The van der Waals surface area contributed by atoms with Gasteiger partial charge in [0, 0.05) is 12.6 Å². The van der Waals surface area contributed by atoms with Gasteiger partial charge in [-0.25, -0.2) is 9.37 Å². The van der Waals surface area contributed by atoms with Crippen LogP contribution in [0, 0.1) is 12.7 Å². The maximum absolute atomic E-state index is 13.8. The minimum Gasteiger partial charge on any atom is -0.497 e. The van der Waals surface area contributed by atoms with Crippen LogP contribution in [0.25, 0.3) is 11.4 Å². The Morgan fingerprint density at radius 2 is 2.00 bits per heavy atom. The Balaban J connectivity index is 1.59. The zero-order chi connectivity index (χ0) is 20.8. The van der Waals surface area contributed by atoms with E-state index in [-0.39, 0.29) is 11.9 Å². The highest BCUT2D eigenvalue weighted by molar-refractivity contribution is 5.80. The molecule has 0 spiro atoms. The van der Waals surface area contributed by atoms with E-state index in [0.29, 0.717) is 29.7 Å². The molecular weight excluding hydrogens is 371 g/mol. The van der Waals surface area contributed by atoms with Crippen molar-refractivity contribution in [1.82, 2.24) is 25.8 Å². The number of nitrogens with zero attached hydrogens (tertiary/aromatic N) is 3. The number of aromatic amines is 1. The number of ether oxygens (including phenoxy) is 1. The lowest BCUT2D eigenvalue weighted by Gasteiger charge is -2.18. The van der Waals surface area contributed by atoms with Crippen LogP contribution in [-0.4, -0.2) is 35.3 Å². The summed E-state index contributed by atoms with van der Waals surface area (Å²) in [5, 5.41) is 13.6. The number of halogens is 1. The topological polar surface area (TPSA) is 87.2 Å². The lowest BCUT2D eigenvalue weighted by atomic mass is 10.1. The molecule has 3 rings (SSSR count). The predicted octanol–water partition coefficient (Wildman–Crippen LogP) is 3.35. The Labute approximate surface area is 169 Å². The molecule has 0 aliphatic carbocycles. The van der Waals surface area contributed by atoms with Crippen LogP contribution in [0.2, 0.25) is 0 Å². The van der Waals surface area contributed by atoms with Gasteiger partial charge in [0.25, 0.3) is 0 Å². The van der Waals surface area contributed by atoms with Gasteiger partial charge in [-0.1, -0.05) is 12.1 Å². The zero-order valence-electron chi connectivity index (χ0n) is 17.0. The van der Waals surface area contributed by atoms with E-state index in [9.17, 15) is 4.39 Å². The normalized spacial score (nSPS) is 12.5. The molecule has 0 saturated heterocycles. The molecule has 2 aromatic carbocycles. The second kappa shape index (κ2) is 9.18. The summed E-state index contributed by atoms with van der Waals surface area (Å²) in [6.07, 6.45) is 0. The Morgan fingerprint density at radius 3 is 2.66 bits per heavy atom. The molecule has 3 aromatic rings. The van der Waals surface area contributed by atoms with Crippen molar-refractivity contribution < 1.29 is 9.13 Å². The summed E-state index contributed by atoms with van der Waals surface area (Å²) in [7, 11) is 3.31. The van der Waals surface area contributed by atoms with Crippen molar-refractivity contribution in [2.75, 3.05) is 14.2 Å². The highest BCUT2D eigenvalue weighted by atomic mass is 19.1. The SMILES string of the molecule is CN=C(NCc1nc(-c2ccc(OC)cc2)n[nH]1)NC(C)c1ccc(C)c(F)c1. The van der Waals surface area contributed by atoms with Crippen LogP contribution in [0.15, 0.2) is 47.5 Å². The number of nitrogens with one attached hydrogen (secondary N) is 3. The second-order valence-corrected chi connectivity index (χ2v) is 6.63. The van der Waals surface area contributed by atoms with E-state index in [1.54, 1.807) is 27.1 Å². The minimum atomic E-state index is -0.216. The number of aromatic nitrogens is 3. The molecule has 0 bridgehead atoms. The fraction of sp³-hybridized carbons (Fsp3) is 0.286. The first-order valence-corrected chi connectivity index (χ1v) is 9.29. The number of methoxy groups -OCH3 is 1. The maximum atomic E-state index is 13.8. The summed E-state index contributed by atoms with van der Waals surface area (Å²) in [5.74, 6) is 2.43. The fourth-order valence-electron chi connectivity index (χ4n) is 2.77. The van der Waals surface area contributed by atoms with E-state index in [4.69, 9.17) is 4.74 Å². The average molecular weight is 396 g/mol. The molecule has 0 amide bonds. The molecule has 1 unspecified atom stereocenters. The molecule has 29 heavy (non-hydrogen) atoms. The van der Waals surface area contributed by atoms with Crippen LogP contribution in [0.5, 0.6) is 5.75 Å². The first-order chi connectivity index (χ1) is 14.0. The summed E-state index contributed by atoms with van der Waals surface area (Å²) in [6.45, 7) is 4.11. The van der Waals surface area contributed by atoms with Crippen molar-refractivity contribution in [2.24, 2.45) is 4.99 Å². The zero-order valence-corrected chi connectivity index (χ0v) is 17.0. The predicted molar refractivity (Wildman–Crippen MR) is 111 cm³/mol. The van der Waals surface area contributed by atoms with E-state index in [0.717, 1.165) is 16.9 Å². The number of aryl methyl sites for hydroxylation is 1. The summed E-state index contributed by atoms with van der Waals surface area (Å²) in [6, 6.07) is 12.6. The van der Waals surface area contributed by atoms with Gasteiger partial charge in [-0.05, 0) is 55.3 Å². The second-order valence-electron chi connectivity index (χ2n) is 6.63. The third kappa shape index (κ3) is 5.10. The summed E-state index contributed by atoms with van der Waals surface area (Å²) in [4.78, 5) is 8.72. The van der Waals surface area contributed by atoms with E-state index in [1.165, 1.54) is 6.07 Å². The van der Waals surface area contributed by atoms with Crippen LogP contribution in [-0.2, 0) is 6.54 Å². The standard InChI is InChI=1S/C21H25FN6O/c1-13-5-6-16(11-18(13)22)14(2)25-21(23-3)24-12-19-26-20(28-27-19)15-7-9-17(29-4)10-8-15/h5-11,14H,12H2,1-4H3,(H2,23,24,25)(H,26,27,28). The van der Waals surface area contributed by atoms with Crippen LogP contribution in [0.4, 0.5) is 4.39 Å². The van der Waals surface area contributed by atoms with Crippen molar-refractivity contribution in [3.05, 3.63) is 65.2 Å². The average Bonchev–Trinajstić information content (AvgIpc) is 3.22. The quantitative estimate of drug-likeness (QED) is 0.439. The van der Waals surface area contributed by atoms with Gasteiger partial charge < -0.3 is 15.4 Å². The number of aliphatic imine (C=N–C) groups is 1. The molecular formula is C21H25FN6O. The molecule has 0 saturated carbocycles. The Morgan fingerprint density at radius 1 is 1.24 bits per heavy atom. The smallest absolute Gasteiger partial charge is 0.191 e. The summed E-state index contributed by atoms with van der Waals surface area (Å²) in [5.41, 5.74) is 2.37. The Bertz CT molecular complexity index is 983. The summed E-state index contributed by atoms with van der Waals surface area (Å²) < 4.78 is 19.0. The van der Waals surface area contributed by atoms with Gasteiger partial charge >= 0.3 is 0 Å². The number of benzene rings is 2. The van der Waals surface area contributed by atoms with Crippen molar-refractivity contribution in [2.45, 2.75) is 26.4 Å². The van der Waals surface area contributed by atoms with Crippen LogP contribution in [0.3, 0.4) is 0 Å². The molecule has 7 nitrogen and oxygen atoms in total. The third-order valence-electron chi connectivity index (χ3n) is 4.58. The van der Waals surface area contributed by atoms with Crippen molar-refractivity contribution in [3.63, 3.8) is 0 Å². The lowest BCUT2D eigenvalue weighted by molar-refractivity contribution is 0.415. The molecule has 0 aliphatic heterocycles. The largest absolute Gasteiger partial charge is 0.497 e. The first-order valence-electron chi connectivity index (χ1n) is 9.29. The van der Waals surface area contributed by atoms with Crippen LogP contribution >= 0.6 is 0 Å². The van der Waals surface area contributed by atoms with E-state index >= 15 is 0 Å².